The van der Waals surface area contributed by atoms with Crippen LogP contribution in [0.2, 0.25) is 0 Å². The highest BCUT2D eigenvalue weighted by atomic mass is 32.1. The van der Waals surface area contributed by atoms with E-state index in [2.05, 4.69) is 17.2 Å². The first kappa shape index (κ1) is 13.5. The summed E-state index contributed by atoms with van der Waals surface area (Å²) in [4.78, 5) is 16.1. The molecule has 0 radical (unpaired) electrons. The van der Waals surface area contributed by atoms with E-state index in [4.69, 9.17) is 0 Å². The Kier molecular flexibility index (Phi) is 4.11. The lowest BCUT2D eigenvalue weighted by Gasteiger charge is -2.07. The van der Waals surface area contributed by atoms with Gasteiger partial charge in [-0.05, 0) is 19.4 Å². The maximum absolute atomic E-state index is 10.9. The lowest BCUT2D eigenvalue weighted by atomic mass is 10.1. The molecule has 0 saturated heterocycles. The summed E-state index contributed by atoms with van der Waals surface area (Å²) in [5.74, 6) is 0. The van der Waals surface area contributed by atoms with Crippen LogP contribution in [0.25, 0.3) is 0 Å². The van der Waals surface area contributed by atoms with Gasteiger partial charge in [0.1, 0.15) is 5.01 Å². The van der Waals surface area contributed by atoms with Crippen molar-refractivity contribution in [2.75, 3.05) is 5.32 Å². The molecule has 0 aliphatic carbocycles. The highest BCUT2D eigenvalue weighted by Gasteiger charge is 2.13. The number of benzene rings is 1. The van der Waals surface area contributed by atoms with Crippen LogP contribution in [-0.2, 0) is 13.0 Å². The molecule has 1 heterocycles. The molecule has 1 aromatic heterocycles. The molecule has 2 aromatic rings. The van der Waals surface area contributed by atoms with Gasteiger partial charge in [0.2, 0.25) is 0 Å². The molecule has 0 aliphatic heterocycles. The second kappa shape index (κ2) is 5.79. The van der Waals surface area contributed by atoms with E-state index in [1.165, 1.54) is 10.9 Å². The van der Waals surface area contributed by atoms with Crippen molar-refractivity contribution in [1.29, 1.82) is 0 Å². The van der Waals surface area contributed by atoms with E-state index in [0.29, 0.717) is 12.1 Å². The van der Waals surface area contributed by atoms with E-state index < -0.39 is 0 Å². The minimum absolute atomic E-state index is 0.137. The topological polar surface area (TPSA) is 68.1 Å². The molecular weight excluding hydrogens is 262 g/mol. The molecule has 0 unspecified atom stereocenters. The molecule has 6 heteroatoms. The Morgan fingerprint density at radius 3 is 2.89 bits per heavy atom. The minimum atomic E-state index is -0.362. The molecule has 0 bridgehead atoms. The van der Waals surface area contributed by atoms with Crippen molar-refractivity contribution in [2.45, 2.75) is 26.8 Å². The number of anilines is 1. The van der Waals surface area contributed by atoms with Crippen molar-refractivity contribution in [3.05, 3.63) is 50.0 Å². The van der Waals surface area contributed by atoms with Gasteiger partial charge in [-0.15, -0.1) is 11.3 Å². The first-order valence-electron chi connectivity index (χ1n) is 6.03. The van der Waals surface area contributed by atoms with Gasteiger partial charge in [-0.3, -0.25) is 10.1 Å². The van der Waals surface area contributed by atoms with Crippen LogP contribution < -0.4 is 5.32 Å². The van der Waals surface area contributed by atoms with Crippen LogP contribution in [0.4, 0.5) is 11.4 Å². The van der Waals surface area contributed by atoms with E-state index in [1.807, 2.05) is 12.3 Å². The highest BCUT2D eigenvalue weighted by Crippen LogP contribution is 2.25. The largest absolute Gasteiger partial charge is 0.378 e. The number of hydrogen-bond donors (Lipinski definition) is 1. The van der Waals surface area contributed by atoms with Crippen molar-refractivity contribution < 1.29 is 4.92 Å². The predicted octanol–water partition coefficient (Wildman–Crippen LogP) is 3.53. The van der Waals surface area contributed by atoms with Gasteiger partial charge in [-0.2, -0.15) is 0 Å². The summed E-state index contributed by atoms with van der Waals surface area (Å²) in [5, 5.41) is 15.1. The van der Waals surface area contributed by atoms with Crippen molar-refractivity contribution in [1.82, 2.24) is 4.98 Å². The lowest BCUT2D eigenvalue weighted by Crippen LogP contribution is -2.02. The molecule has 19 heavy (non-hydrogen) atoms. The molecule has 0 fully saturated rings. The molecule has 0 aliphatic rings. The number of rotatable bonds is 5. The number of hydrogen-bond acceptors (Lipinski definition) is 5. The molecule has 0 spiro atoms. The standard InChI is InChI=1S/C13H15N3O2S/c1-3-10-7-15-13(19-10)8-14-11-5-4-6-12(9(11)2)16(17)18/h4-7,14H,3,8H2,1-2H3. The van der Waals surface area contributed by atoms with Gasteiger partial charge in [0.15, 0.2) is 0 Å². The van der Waals surface area contributed by atoms with E-state index in [9.17, 15) is 10.1 Å². The zero-order valence-electron chi connectivity index (χ0n) is 10.8. The molecule has 2 rings (SSSR count). The van der Waals surface area contributed by atoms with Crippen LogP contribution in [0, 0.1) is 17.0 Å². The summed E-state index contributed by atoms with van der Waals surface area (Å²) in [7, 11) is 0. The average Bonchev–Trinajstić information content (AvgIpc) is 2.85. The Bertz CT molecular complexity index is 595. The van der Waals surface area contributed by atoms with Crippen molar-refractivity contribution in [3.8, 4) is 0 Å². The van der Waals surface area contributed by atoms with Gasteiger partial charge < -0.3 is 5.32 Å². The average molecular weight is 277 g/mol. The predicted molar refractivity (Wildman–Crippen MR) is 76.7 cm³/mol. The van der Waals surface area contributed by atoms with E-state index in [-0.39, 0.29) is 10.6 Å². The third-order valence-corrected chi connectivity index (χ3v) is 4.02. The van der Waals surface area contributed by atoms with Gasteiger partial charge in [0.25, 0.3) is 5.69 Å². The molecule has 5 nitrogen and oxygen atoms in total. The fourth-order valence-corrected chi connectivity index (χ4v) is 2.58. The molecule has 1 aromatic carbocycles. The summed E-state index contributed by atoms with van der Waals surface area (Å²) in [6.45, 7) is 4.43. The van der Waals surface area contributed by atoms with Crippen LogP contribution in [0.5, 0.6) is 0 Å². The zero-order chi connectivity index (χ0) is 13.8. The van der Waals surface area contributed by atoms with Crippen molar-refractivity contribution in [3.63, 3.8) is 0 Å². The van der Waals surface area contributed by atoms with Crippen molar-refractivity contribution >= 4 is 22.7 Å². The summed E-state index contributed by atoms with van der Waals surface area (Å²) < 4.78 is 0. The first-order valence-corrected chi connectivity index (χ1v) is 6.85. The summed E-state index contributed by atoms with van der Waals surface area (Å²) in [6.07, 6.45) is 2.86. The van der Waals surface area contributed by atoms with E-state index in [1.54, 1.807) is 24.3 Å². The molecule has 0 saturated carbocycles. The second-order valence-electron chi connectivity index (χ2n) is 4.13. The third kappa shape index (κ3) is 3.08. The monoisotopic (exact) mass is 277 g/mol. The van der Waals surface area contributed by atoms with Crippen LogP contribution in [0.1, 0.15) is 22.4 Å². The normalized spacial score (nSPS) is 10.4. The van der Waals surface area contributed by atoms with E-state index in [0.717, 1.165) is 17.1 Å². The Labute approximate surface area is 115 Å². The zero-order valence-corrected chi connectivity index (χ0v) is 11.7. The second-order valence-corrected chi connectivity index (χ2v) is 5.33. The first-order chi connectivity index (χ1) is 9.11. The number of nitrogens with zero attached hydrogens (tertiary/aromatic N) is 2. The third-order valence-electron chi connectivity index (χ3n) is 2.88. The molecule has 1 N–H and O–H groups in total. The summed E-state index contributed by atoms with van der Waals surface area (Å²) in [5.41, 5.74) is 1.57. The fraction of sp³-hybridized carbons (Fsp3) is 0.308. The number of nitrogens with one attached hydrogen (secondary N) is 1. The Hall–Kier alpha value is -1.95. The lowest BCUT2D eigenvalue weighted by molar-refractivity contribution is -0.385. The molecule has 0 amide bonds. The molecular formula is C13H15N3O2S. The Balaban J connectivity index is 2.11. The fourth-order valence-electron chi connectivity index (χ4n) is 1.78. The van der Waals surface area contributed by atoms with Crippen molar-refractivity contribution in [2.24, 2.45) is 0 Å². The number of nitro benzene ring substituents is 1. The smallest absolute Gasteiger partial charge is 0.274 e. The van der Waals surface area contributed by atoms with Gasteiger partial charge in [-0.1, -0.05) is 13.0 Å². The maximum atomic E-state index is 10.9. The SMILES string of the molecule is CCc1cnc(CNc2cccc([N+](=O)[O-])c2C)s1. The summed E-state index contributed by atoms with van der Waals surface area (Å²) >= 11 is 1.66. The molecule has 0 atom stereocenters. The van der Waals surface area contributed by atoms with Gasteiger partial charge >= 0.3 is 0 Å². The number of nitro groups is 1. The summed E-state index contributed by atoms with van der Waals surface area (Å²) in [6, 6.07) is 5.04. The number of aryl methyl sites for hydroxylation is 1. The number of aromatic nitrogens is 1. The molecule has 100 valence electrons. The quantitative estimate of drug-likeness (QED) is 0.670. The van der Waals surface area contributed by atoms with Gasteiger partial charge in [-0.25, -0.2) is 4.98 Å². The van der Waals surface area contributed by atoms with Gasteiger partial charge in [0.05, 0.1) is 11.5 Å². The van der Waals surface area contributed by atoms with Gasteiger partial charge in [0, 0.05) is 28.4 Å². The Morgan fingerprint density at radius 1 is 1.47 bits per heavy atom. The minimum Gasteiger partial charge on any atom is -0.378 e. The Morgan fingerprint density at radius 2 is 2.26 bits per heavy atom. The number of thiazole rings is 1. The highest BCUT2D eigenvalue weighted by molar-refractivity contribution is 7.11. The van der Waals surface area contributed by atoms with Crippen LogP contribution >= 0.6 is 11.3 Å². The van der Waals surface area contributed by atoms with E-state index >= 15 is 0 Å². The van der Waals surface area contributed by atoms with Crippen LogP contribution in [0.15, 0.2) is 24.4 Å². The van der Waals surface area contributed by atoms with Crippen LogP contribution in [-0.4, -0.2) is 9.91 Å². The van der Waals surface area contributed by atoms with Crippen LogP contribution in [0.3, 0.4) is 0 Å². The maximum Gasteiger partial charge on any atom is 0.274 e.